The highest BCUT2D eigenvalue weighted by Crippen LogP contribution is 2.24. The van der Waals surface area contributed by atoms with E-state index in [4.69, 9.17) is 0 Å². The van der Waals surface area contributed by atoms with Crippen molar-refractivity contribution in [3.8, 4) is 0 Å². The van der Waals surface area contributed by atoms with Gasteiger partial charge in [0.15, 0.2) is 0 Å². The fourth-order valence-electron chi connectivity index (χ4n) is 1.80. The van der Waals surface area contributed by atoms with Crippen molar-refractivity contribution >= 4 is 11.8 Å². The van der Waals surface area contributed by atoms with Gasteiger partial charge < -0.3 is 5.32 Å². The molecule has 1 heterocycles. The number of thioether (sulfide) groups is 1. The molecular formula is C14H19N3S. The second-order valence-electron chi connectivity index (χ2n) is 4.41. The largest absolute Gasteiger partial charge is 0.312 e. The summed E-state index contributed by atoms with van der Waals surface area (Å²) in [5.41, 5.74) is 2.63. The first-order valence-electron chi connectivity index (χ1n) is 6.04. The van der Waals surface area contributed by atoms with Crippen molar-refractivity contribution in [3.05, 3.63) is 47.8 Å². The van der Waals surface area contributed by atoms with Crippen molar-refractivity contribution in [1.29, 1.82) is 0 Å². The maximum atomic E-state index is 4.18. The first-order valence-corrected chi connectivity index (χ1v) is 7.03. The Bertz CT molecular complexity index is 490. The lowest BCUT2D eigenvalue weighted by atomic mass is 10.1. The summed E-state index contributed by atoms with van der Waals surface area (Å²) >= 11 is 1.83. The molecule has 0 radical (unpaired) electrons. The highest BCUT2D eigenvalue weighted by atomic mass is 32.2. The highest BCUT2D eigenvalue weighted by molar-refractivity contribution is 7.99. The first-order chi connectivity index (χ1) is 8.69. The number of benzene rings is 1. The predicted molar refractivity (Wildman–Crippen MR) is 76.9 cm³/mol. The van der Waals surface area contributed by atoms with E-state index >= 15 is 0 Å². The van der Waals surface area contributed by atoms with Crippen molar-refractivity contribution in [2.75, 3.05) is 12.8 Å². The van der Waals surface area contributed by atoms with Gasteiger partial charge in [0.25, 0.3) is 0 Å². The maximum Gasteiger partial charge on any atom is 0.0625 e. The van der Waals surface area contributed by atoms with Crippen molar-refractivity contribution in [3.63, 3.8) is 0 Å². The number of rotatable bonds is 5. The fraction of sp³-hybridized carbons (Fsp3) is 0.357. The summed E-state index contributed by atoms with van der Waals surface area (Å²) in [6, 6.07) is 9.08. The van der Waals surface area contributed by atoms with Crippen LogP contribution >= 0.6 is 11.8 Å². The standard InChI is InChI=1S/C14H19N3S/c1-11-4-6-12(7-5-11)14(15-2)10-18-13-8-16-17(3)9-13/h4-9,14-15H,10H2,1-3H3. The molecule has 0 amide bonds. The lowest BCUT2D eigenvalue weighted by Gasteiger charge is -2.16. The van der Waals surface area contributed by atoms with E-state index in [-0.39, 0.29) is 0 Å². The topological polar surface area (TPSA) is 29.9 Å². The minimum atomic E-state index is 0.371. The third-order valence-corrected chi connectivity index (χ3v) is 3.97. The molecule has 96 valence electrons. The zero-order valence-electron chi connectivity index (χ0n) is 11.1. The molecule has 18 heavy (non-hydrogen) atoms. The van der Waals surface area contributed by atoms with Crippen LogP contribution in [0.3, 0.4) is 0 Å². The van der Waals surface area contributed by atoms with Crippen LogP contribution in [0.25, 0.3) is 0 Å². The van der Waals surface area contributed by atoms with E-state index in [1.807, 2.05) is 42.9 Å². The molecule has 0 spiro atoms. The van der Waals surface area contributed by atoms with Crippen molar-refractivity contribution < 1.29 is 0 Å². The van der Waals surface area contributed by atoms with Gasteiger partial charge in [-0.2, -0.15) is 5.10 Å². The normalized spacial score (nSPS) is 12.6. The van der Waals surface area contributed by atoms with Gasteiger partial charge in [0.05, 0.1) is 6.20 Å². The number of aromatic nitrogens is 2. The van der Waals surface area contributed by atoms with Crippen LogP contribution in [0.5, 0.6) is 0 Å². The number of aryl methyl sites for hydroxylation is 2. The third kappa shape index (κ3) is 3.37. The van der Waals surface area contributed by atoms with E-state index in [1.54, 1.807) is 0 Å². The van der Waals surface area contributed by atoms with Gasteiger partial charge in [0.1, 0.15) is 0 Å². The van der Waals surface area contributed by atoms with Gasteiger partial charge in [-0.3, -0.25) is 4.68 Å². The summed E-state index contributed by atoms with van der Waals surface area (Å²) < 4.78 is 1.84. The molecule has 3 nitrogen and oxygen atoms in total. The quantitative estimate of drug-likeness (QED) is 0.839. The van der Waals surface area contributed by atoms with Crippen LogP contribution < -0.4 is 5.32 Å². The molecular weight excluding hydrogens is 242 g/mol. The second kappa shape index (κ2) is 6.07. The van der Waals surface area contributed by atoms with E-state index < -0.39 is 0 Å². The Kier molecular flexibility index (Phi) is 4.44. The minimum Gasteiger partial charge on any atom is -0.312 e. The molecule has 0 aliphatic rings. The smallest absolute Gasteiger partial charge is 0.0625 e. The van der Waals surface area contributed by atoms with Gasteiger partial charge in [-0.15, -0.1) is 11.8 Å². The van der Waals surface area contributed by atoms with Gasteiger partial charge in [-0.25, -0.2) is 0 Å². The summed E-state index contributed by atoms with van der Waals surface area (Å²) in [5.74, 6) is 1.01. The number of nitrogens with one attached hydrogen (secondary N) is 1. The SMILES string of the molecule is CNC(CSc1cnn(C)c1)c1ccc(C)cc1. The molecule has 0 saturated carbocycles. The summed E-state index contributed by atoms with van der Waals surface area (Å²) in [6.07, 6.45) is 3.96. The first kappa shape index (κ1) is 13.2. The molecule has 0 aliphatic heterocycles. The second-order valence-corrected chi connectivity index (χ2v) is 5.51. The van der Waals surface area contributed by atoms with Gasteiger partial charge in [-0.05, 0) is 19.5 Å². The Morgan fingerprint density at radius 3 is 2.61 bits per heavy atom. The molecule has 1 N–H and O–H groups in total. The van der Waals surface area contributed by atoms with E-state index in [2.05, 4.69) is 41.6 Å². The van der Waals surface area contributed by atoms with Crippen LogP contribution in [0, 0.1) is 6.92 Å². The number of nitrogens with zero attached hydrogens (tertiary/aromatic N) is 2. The summed E-state index contributed by atoms with van der Waals surface area (Å²) in [5, 5.41) is 7.55. The molecule has 1 aromatic heterocycles. The van der Waals surface area contributed by atoms with E-state index in [0.29, 0.717) is 6.04 Å². The molecule has 2 rings (SSSR count). The zero-order chi connectivity index (χ0) is 13.0. The van der Waals surface area contributed by atoms with E-state index in [0.717, 1.165) is 5.75 Å². The third-order valence-electron chi connectivity index (χ3n) is 2.93. The summed E-state index contributed by atoms with van der Waals surface area (Å²) in [7, 11) is 3.95. The Hall–Kier alpha value is -1.26. The molecule has 0 bridgehead atoms. The lowest BCUT2D eigenvalue weighted by molar-refractivity contribution is 0.661. The van der Waals surface area contributed by atoms with Crippen LogP contribution in [0.1, 0.15) is 17.2 Å². The predicted octanol–water partition coefficient (Wildman–Crippen LogP) is 2.78. The molecule has 0 saturated heterocycles. The van der Waals surface area contributed by atoms with Crippen LogP contribution in [0.15, 0.2) is 41.6 Å². The van der Waals surface area contributed by atoms with Crippen LogP contribution in [0.4, 0.5) is 0 Å². The molecule has 0 fully saturated rings. The average Bonchev–Trinajstić information content (AvgIpc) is 2.78. The summed E-state index contributed by atoms with van der Waals surface area (Å²) in [6.45, 7) is 2.11. The van der Waals surface area contributed by atoms with E-state index in [9.17, 15) is 0 Å². The summed E-state index contributed by atoms with van der Waals surface area (Å²) in [4.78, 5) is 1.21. The maximum absolute atomic E-state index is 4.18. The number of hydrogen-bond donors (Lipinski definition) is 1. The van der Waals surface area contributed by atoms with Crippen molar-refractivity contribution in [2.24, 2.45) is 7.05 Å². The Balaban J connectivity index is 1.99. The van der Waals surface area contributed by atoms with Crippen molar-refractivity contribution in [2.45, 2.75) is 17.9 Å². The van der Waals surface area contributed by atoms with Gasteiger partial charge in [0, 0.05) is 29.9 Å². The Labute approximate surface area is 113 Å². The van der Waals surface area contributed by atoms with Crippen LogP contribution in [-0.2, 0) is 7.05 Å². The Morgan fingerprint density at radius 2 is 2.06 bits per heavy atom. The molecule has 4 heteroatoms. The molecule has 1 atom stereocenters. The van der Waals surface area contributed by atoms with Gasteiger partial charge in [0.2, 0.25) is 0 Å². The average molecular weight is 261 g/mol. The minimum absolute atomic E-state index is 0.371. The molecule has 1 unspecified atom stereocenters. The molecule has 2 aromatic rings. The molecule has 1 aromatic carbocycles. The van der Waals surface area contributed by atoms with Crippen LogP contribution in [-0.4, -0.2) is 22.6 Å². The highest BCUT2D eigenvalue weighted by Gasteiger charge is 2.09. The lowest BCUT2D eigenvalue weighted by Crippen LogP contribution is -2.18. The number of hydrogen-bond acceptors (Lipinski definition) is 3. The zero-order valence-corrected chi connectivity index (χ0v) is 11.9. The van der Waals surface area contributed by atoms with Gasteiger partial charge in [-0.1, -0.05) is 29.8 Å². The Morgan fingerprint density at radius 1 is 1.33 bits per heavy atom. The van der Waals surface area contributed by atoms with Crippen molar-refractivity contribution in [1.82, 2.24) is 15.1 Å². The van der Waals surface area contributed by atoms with E-state index in [1.165, 1.54) is 16.0 Å². The molecule has 0 aliphatic carbocycles. The fourth-order valence-corrected chi connectivity index (χ4v) is 2.86. The van der Waals surface area contributed by atoms with Crippen LogP contribution in [0.2, 0.25) is 0 Å². The monoisotopic (exact) mass is 261 g/mol. The van der Waals surface area contributed by atoms with Gasteiger partial charge >= 0.3 is 0 Å².